The molecule has 104 valence electrons. The van der Waals surface area contributed by atoms with Crippen LogP contribution in [-0.4, -0.2) is 27.5 Å². The Morgan fingerprint density at radius 2 is 2.11 bits per heavy atom. The number of nitrogens with one attached hydrogen (secondary N) is 2. The lowest BCUT2D eigenvalue weighted by molar-refractivity contribution is 0.536. The first-order valence-electron chi connectivity index (χ1n) is 6.14. The maximum atomic E-state index is 12.1. The van der Waals surface area contributed by atoms with Gasteiger partial charge in [0.15, 0.2) is 0 Å². The first-order chi connectivity index (χ1) is 8.90. The van der Waals surface area contributed by atoms with Gasteiger partial charge in [-0.25, -0.2) is 13.1 Å². The molecule has 0 aromatic heterocycles. The van der Waals surface area contributed by atoms with E-state index in [0.717, 1.165) is 6.54 Å². The van der Waals surface area contributed by atoms with Gasteiger partial charge in [-0.1, -0.05) is 6.92 Å². The van der Waals surface area contributed by atoms with Gasteiger partial charge in [-0.3, -0.25) is 0 Å². The predicted octanol–water partition coefficient (Wildman–Crippen LogP) is 1.14. The highest BCUT2D eigenvalue weighted by Gasteiger charge is 2.15. The lowest BCUT2D eigenvalue weighted by Gasteiger charge is -2.14. The van der Waals surface area contributed by atoms with Crippen LogP contribution in [-0.2, 0) is 10.0 Å². The highest BCUT2D eigenvalue weighted by Crippen LogP contribution is 2.14. The van der Waals surface area contributed by atoms with Crippen molar-refractivity contribution in [1.29, 1.82) is 5.26 Å². The second-order valence-electron chi connectivity index (χ2n) is 4.40. The Hall–Kier alpha value is -1.42. The summed E-state index contributed by atoms with van der Waals surface area (Å²) < 4.78 is 26.7. The van der Waals surface area contributed by atoms with Crippen molar-refractivity contribution in [2.45, 2.75) is 31.7 Å². The summed E-state index contributed by atoms with van der Waals surface area (Å²) in [6, 6.07) is 6.57. The van der Waals surface area contributed by atoms with Crippen molar-refractivity contribution in [2.24, 2.45) is 0 Å². The molecule has 0 radical (unpaired) electrons. The van der Waals surface area contributed by atoms with Crippen LogP contribution < -0.4 is 10.0 Å². The van der Waals surface area contributed by atoms with E-state index in [1.54, 1.807) is 6.92 Å². The highest BCUT2D eigenvalue weighted by atomic mass is 32.2. The maximum Gasteiger partial charge on any atom is 0.240 e. The standard InChI is InChI=1S/C13H19N3O2S/c1-4-15-11(3)9-16-19(17,18)13-6-5-12(8-14)10(2)7-13/h5-7,11,15-16H,4,9H2,1-3H3/t11-/m1/s1. The number of nitrogens with zero attached hydrogens (tertiary/aromatic N) is 1. The van der Waals surface area contributed by atoms with Crippen molar-refractivity contribution in [1.82, 2.24) is 10.0 Å². The van der Waals surface area contributed by atoms with Gasteiger partial charge in [0.2, 0.25) is 10.0 Å². The molecule has 0 aliphatic carbocycles. The molecule has 5 nitrogen and oxygen atoms in total. The van der Waals surface area contributed by atoms with E-state index in [9.17, 15) is 8.42 Å². The topological polar surface area (TPSA) is 82.0 Å². The average molecular weight is 281 g/mol. The molecule has 0 spiro atoms. The number of nitriles is 1. The molecule has 1 aromatic carbocycles. The number of aryl methyl sites for hydroxylation is 1. The van der Waals surface area contributed by atoms with Gasteiger partial charge in [-0.15, -0.1) is 0 Å². The fourth-order valence-electron chi connectivity index (χ4n) is 1.67. The van der Waals surface area contributed by atoms with Crippen molar-refractivity contribution in [3.63, 3.8) is 0 Å². The van der Waals surface area contributed by atoms with Gasteiger partial charge >= 0.3 is 0 Å². The number of benzene rings is 1. The van der Waals surface area contributed by atoms with Crippen molar-refractivity contribution in [3.05, 3.63) is 29.3 Å². The second kappa shape index (κ2) is 6.66. The Balaban J connectivity index is 2.84. The zero-order chi connectivity index (χ0) is 14.5. The minimum atomic E-state index is -3.52. The number of hydrogen-bond acceptors (Lipinski definition) is 4. The molecule has 0 aliphatic heterocycles. The summed E-state index contributed by atoms with van der Waals surface area (Å²) in [4.78, 5) is 0.188. The Morgan fingerprint density at radius 1 is 1.42 bits per heavy atom. The molecule has 19 heavy (non-hydrogen) atoms. The van der Waals surface area contributed by atoms with Crippen molar-refractivity contribution in [3.8, 4) is 6.07 Å². The van der Waals surface area contributed by atoms with E-state index in [1.807, 2.05) is 19.9 Å². The van der Waals surface area contributed by atoms with E-state index in [0.29, 0.717) is 17.7 Å². The molecular weight excluding hydrogens is 262 g/mol. The van der Waals surface area contributed by atoms with Crippen LogP contribution in [0.5, 0.6) is 0 Å². The number of sulfonamides is 1. The summed E-state index contributed by atoms with van der Waals surface area (Å²) >= 11 is 0. The third-order valence-corrected chi connectivity index (χ3v) is 4.18. The first kappa shape index (κ1) is 15.6. The Kier molecular flexibility index (Phi) is 5.48. The monoisotopic (exact) mass is 281 g/mol. The Morgan fingerprint density at radius 3 is 2.63 bits per heavy atom. The molecule has 1 atom stereocenters. The van der Waals surface area contributed by atoms with Crippen LogP contribution in [0, 0.1) is 18.3 Å². The lowest BCUT2D eigenvalue weighted by Crippen LogP contribution is -2.38. The van der Waals surface area contributed by atoms with Crippen LogP contribution in [0.15, 0.2) is 23.1 Å². The summed E-state index contributed by atoms with van der Waals surface area (Å²) in [5.74, 6) is 0. The first-order valence-corrected chi connectivity index (χ1v) is 7.62. The maximum absolute atomic E-state index is 12.1. The van der Waals surface area contributed by atoms with Crippen LogP contribution >= 0.6 is 0 Å². The Labute approximate surface area is 114 Å². The summed E-state index contributed by atoms with van der Waals surface area (Å²) in [6.45, 7) is 6.72. The van der Waals surface area contributed by atoms with Crippen LogP contribution in [0.4, 0.5) is 0 Å². The van der Waals surface area contributed by atoms with Crippen molar-refractivity contribution in [2.75, 3.05) is 13.1 Å². The minimum absolute atomic E-state index is 0.0688. The van der Waals surface area contributed by atoms with Gasteiger partial charge in [0.1, 0.15) is 0 Å². The molecule has 1 rings (SSSR count). The number of rotatable bonds is 6. The molecule has 0 fully saturated rings. The van der Waals surface area contributed by atoms with Crippen molar-refractivity contribution >= 4 is 10.0 Å². The molecular formula is C13H19N3O2S. The third kappa shape index (κ3) is 4.31. The molecule has 0 saturated heterocycles. The molecule has 0 heterocycles. The molecule has 0 unspecified atom stereocenters. The molecule has 0 aliphatic rings. The smallest absolute Gasteiger partial charge is 0.240 e. The van der Waals surface area contributed by atoms with E-state index >= 15 is 0 Å². The molecule has 0 bridgehead atoms. The third-order valence-electron chi connectivity index (χ3n) is 2.76. The lowest BCUT2D eigenvalue weighted by atomic mass is 10.1. The zero-order valence-corrected chi connectivity index (χ0v) is 12.2. The van der Waals surface area contributed by atoms with Gasteiger partial charge < -0.3 is 5.32 Å². The molecule has 1 aromatic rings. The molecule has 0 saturated carbocycles. The van der Waals surface area contributed by atoms with Gasteiger partial charge in [-0.2, -0.15) is 5.26 Å². The quantitative estimate of drug-likeness (QED) is 0.819. The van der Waals surface area contributed by atoms with Gasteiger partial charge in [0.25, 0.3) is 0 Å². The Bertz CT molecular complexity index is 576. The van der Waals surface area contributed by atoms with Gasteiger partial charge in [0.05, 0.1) is 16.5 Å². The van der Waals surface area contributed by atoms with E-state index in [1.165, 1.54) is 18.2 Å². The molecule has 2 N–H and O–H groups in total. The van der Waals surface area contributed by atoms with E-state index in [4.69, 9.17) is 5.26 Å². The van der Waals surface area contributed by atoms with E-state index in [2.05, 4.69) is 10.0 Å². The number of hydrogen-bond donors (Lipinski definition) is 2. The predicted molar refractivity (Wildman–Crippen MR) is 74.2 cm³/mol. The average Bonchev–Trinajstić information content (AvgIpc) is 2.37. The van der Waals surface area contributed by atoms with Crippen LogP contribution in [0.1, 0.15) is 25.0 Å². The van der Waals surface area contributed by atoms with E-state index < -0.39 is 10.0 Å². The van der Waals surface area contributed by atoms with Gasteiger partial charge in [0, 0.05) is 12.6 Å². The fourth-order valence-corrected chi connectivity index (χ4v) is 2.88. The normalized spacial score (nSPS) is 12.9. The fraction of sp³-hybridized carbons (Fsp3) is 0.462. The van der Waals surface area contributed by atoms with Crippen LogP contribution in [0.25, 0.3) is 0 Å². The van der Waals surface area contributed by atoms with E-state index in [-0.39, 0.29) is 10.9 Å². The summed E-state index contributed by atoms with van der Waals surface area (Å²) in [6.07, 6.45) is 0. The SMILES string of the molecule is CCN[C@H](C)CNS(=O)(=O)c1ccc(C#N)c(C)c1. The van der Waals surface area contributed by atoms with Crippen LogP contribution in [0.2, 0.25) is 0 Å². The summed E-state index contributed by atoms with van der Waals surface area (Å²) in [7, 11) is -3.52. The largest absolute Gasteiger partial charge is 0.313 e. The van der Waals surface area contributed by atoms with Crippen molar-refractivity contribution < 1.29 is 8.42 Å². The molecule has 6 heteroatoms. The number of likely N-dealkylation sites (N-methyl/N-ethyl adjacent to an activating group) is 1. The van der Waals surface area contributed by atoms with Crippen LogP contribution in [0.3, 0.4) is 0 Å². The zero-order valence-electron chi connectivity index (χ0n) is 11.4. The summed E-state index contributed by atoms with van der Waals surface area (Å²) in [5.41, 5.74) is 1.14. The molecule has 0 amide bonds. The highest BCUT2D eigenvalue weighted by molar-refractivity contribution is 7.89. The summed E-state index contributed by atoms with van der Waals surface area (Å²) in [5, 5.41) is 12.0. The van der Waals surface area contributed by atoms with Gasteiger partial charge in [-0.05, 0) is 44.2 Å². The second-order valence-corrected chi connectivity index (χ2v) is 6.17. The minimum Gasteiger partial charge on any atom is -0.313 e.